The van der Waals surface area contributed by atoms with E-state index in [4.69, 9.17) is 0 Å². The minimum atomic E-state index is 0. The molecule has 0 nitrogen and oxygen atoms in total. The van der Waals surface area contributed by atoms with Gasteiger partial charge < -0.3 is 30.7 Å². The standard InChI is InChI=1S/C4H9.2ClH.Zr/c1-4(2)3;;;/h1-3H3;2*1H;/q-1;;;+3/p-2. The monoisotopic (exact) mass is 217 g/mol. The molecule has 0 fully saturated rings. The van der Waals surface area contributed by atoms with Gasteiger partial charge in [0.2, 0.25) is 0 Å². The van der Waals surface area contributed by atoms with Gasteiger partial charge in [0, 0.05) is 0 Å². The van der Waals surface area contributed by atoms with Gasteiger partial charge in [0.1, 0.15) is 0 Å². The van der Waals surface area contributed by atoms with E-state index >= 15 is 0 Å². The van der Waals surface area contributed by atoms with E-state index in [0.29, 0.717) is 0 Å². The van der Waals surface area contributed by atoms with Crippen molar-refractivity contribution < 1.29 is 51.0 Å². The molecule has 0 aromatic rings. The average Bonchev–Trinajstić information content (AvgIpc) is 0.811. The van der Waals surface area contributed by atoms with E-state index in [0.717, 1.165) is 0 Å². The van der Waals surface area contributed by atoms with Gasteiger partial charge in [0.05, 0.1) is 0 Å². The third-order valence-corrected chi connectivity index (χ3v) is 0. The summed E-state index contributed by atoms with van der Waals surface area (Å²) in [6.07, 6.45) is 0. The molecule has 0 unspecified atom stereocenters. The van der Waals surface area contributed by atoms with Crippen LogP contribution in [-0.2, 0) is 26.2 Å². The van der Waals surface area contributed by atoms with Gasteiger partial charge in [-0.3, -0.25) is 0 Å². The molecule has 1 radical (unpaired) electrons. The first-order valence-electron chi connectivity index (χ1n) is 1.50. The largest absolute Gasteiger partial charge is 3.00 e. The van der Waals surface area contributed by atoms with E-state index < -0.39 is 0 Å². The van der Waals surface area contributed by atoms with Crippen molar-refractivity contribution in [2.24, 2.45) is 0 Å². The number of hydrogen-bond donors (Lipinski definition) is 0. The van der Waals surface area contributed by atoms with Crippen LogP contribution in [-0.4, -0.2) is 0 Å². The first-order valence-corrected chi connectivity index (χ1v) is 1.50. The Hall–Kier alpha value is 1.46. The maximum Gasteiger partial charge on any atom is 3.00 e. The van der Waals surface area contributed by atoms with E-state index in [1.54, 1.807) is 0 Å². The van der Waals surface area contributed by atoms with Gasteiger partial charge in [-0.2, -0.15) is 20.8 Å². The molecule has 0 saturated heterocycles. The Morgan fingerprint density at radius 1 is 0.857 bits per heavy atom. The van der Waals surface area contributed by atoms with E-state index in [9.17, 15) is 0 Å². The van der Waals surface area contributed by atoms with Crippen molar-refractivity contribution in [2.75, 3.05) is 0 Å². The molecule has 0 aliphatic heterocycles. The SMILES string of the molecule is C[C-](C)C.[Cl-].[Cl-].[Zr+3]. The van der Waals surface area contributed by atoms with E-state index in [-0.39, 0.29) is 51.0 Å². The van der Waals surface area contributed by atoms with Crippen molar-refractivity contribution in [1.29, 1.82) is 0 Å². The summed E-state index contributed by atoms with van der Waals surface area (Å²) in [5.41, 5.74) is 0. The normalized spacial score (nSPS) is 5.14. The molecule has 3 heteroatoms. The Bertz CT molecular complexity index is 14.4. The second-order valence-corrected chi connectivity index (χ2v) is 1.50. The summed E-state index contributed by atoms with van der Waals surface area (Å²) in [4.78, 5) is 0. The Kier molecular flexibility index (Phi) is 52.9. The van der Waals surface area contributed by atoms with Crippen molar-refractivity contribution in [3.05, 3.63) is 5.92 Å². The van der Waals surface area contributed by atoms with Crippen molar-refractivity contribution in [2.45, 2.75) is 20.8 Å². The van der Waals surface area contributed by atoms with Gasteiger partial charge in [0.25, 0.3) is 0 Å². The van der Waals surface area contributed by atoms with Gasteiger partial charge in [-0.1, -0.05) is 0 Å². The smallest absolute Gasteiger partial charge is 1.00 e. The number of halogens is 2. The molecule has 0 rings (SSSR count). The summed E-state index contributed by atoms with van der Waals surface area (Å²) in [5, 5.41) is 0. The molecular formula is C4H9Cl2Zr. The van der Waals surface area contributed by atoms with Crippen molar-refractivity contribution in [1.82, 2.24) is 0 Å². The summed E-state index contributed by atoms with van der Waals surface area (Å²) in [5.74, 6) is 1.42. The topological polar surface area (TPSA) is 0 Å². The first-order chi connectivity index (χ1) is 1.73. The second kappa shape index (κ2) is 15.7. The summed E-state index contributed by atoms with van der Waals surface area (Å²) in [7, 11) is 0. The van der Waals surface area contributed by atoms with Crippen molar-refractivity contribution in [3.8, 4) is 0 Å². The fraction of sp³-hybridized carbons (Fsp3) is 0.750. The van der Waals surface area contributed by atoms with Gasteiger partial charge >= 0.3 is 26.2 Å². The Morgan fingerprint density at radius 2 is 0.857 bits per heavy atom. The average molecular weight is 219 g/mol. The molecule has 0 atom stereocenters. The first kappa shape index (κ1) is 23.7. The molecule has 0 aromatic carbocycles. The van der Waals surface area contributed by atoms with Gasteiger partial charge in [-0.05, 0) is 0 Å². The second-order valence-electron chi connectivity index (χ2n) is 1.50. The van der Waals surface area contributed by atoms with E-state index in [2.05, 4.69) is 20.8 Å². The Labute approximate surface area is 77.4 Å². The quantitative estimate of drug-likeness (QED) is 0.361. The predicted octanol–water partition coefficient (Wildman–Crippen LogP) is -4.37. The van der Waals surface area contributed by atoms with Crippen LogP contribution in [0.3, 0.4) is 0 Å². The molecule has 0 N–H and O–H groups in total. The van der Waals surface area contributed by atoms with Crippen LogP contribution in [0, 0.1) is 5.92 Å². The Balaban J connectivity index is -0.0000000150. The summed E-state index contributed by atoms with van der Waals surface area (Å²) >= 11 is 0. The zero-order chi connectivity index (χ0) is 3.58. The van der Waals surface area contributed by atoms with Crippen LogP contribution in [0.25, 0.3) is 0 Å². The third-order valence-electron chi connectivity index (χ3n) is 0. The van der Waals surface area contributed by atoms with Crippen LogP contribution < -0.4 is 24.8 Å². The molecule has 0 aromatic heterocycles. The van der Waals surface area contributed by atoms with Crippen LogP contribution >= 0.6 is 0 Å². The molecule has 0 bridgehead atoms. The van der Waals surface area contributed by atoms with Gasteiger partial charge in [-0.15, -0.1) is 0 Å². The molecule has 0 spiro atoms. The Morgan fingerprint density at radius 3 is 0.857 bits per heavy atom. The fourth-order valence-corrected chi connectivity index (χ4v) is 0. The van der Waals surface area contributed by atoms with Crippen LogP contribution in [0.4, 0.5) is 0 Å². The zero-order valence-corrected chi connectivity index (χ0v) is 8.73. The van der Waals surface area contributed by atoms with Crippen molar-refractivity contribution >= 4 is 0 Å². The number of hydrogen-bond acceptors (Lipinski definition) is 0. The molecule has 0 aliphatic rings. The zero-order valence-electron chi connectivity index (χ0n) is 4.76. The molecule has 0 amide bonds. The minimum absolute atomic E-state index is 0. The van der Waals surface area contributed by atoms with Crippen LogP contribution in [0.15, 0.2) is 0 Å². The maximum absolute atomic E-state index is 2.08. The van der Waals surface area contributed by atoms with Crippen LogP contribution in [0.2, 0.25) is 0 Å². The maximum atomic E-state index is 2.08. The van der Waals surface area contributed by atoms with Crippen LogP contribution in [0.5, 0.6) is 0 Å². The summed E-state index contributed by atoms with van der Waals surface area (Å²) < 4.78 is 0. The van der Waals surface area contributed by atoms with Gasteiger partial charge in [-0.25, -0.2) is 0 Å². The van der Waals surface area contributed by atoms with Crippen LogP contribution in [0.1, 0.15) is 20.8 Å². The van der Waals surface area contributed by atoms with E-state index in [1.807, 2.05) is 0 Å². The summed E-state index contributed by atoms with van der Waals surface area (Å²) in [6, 6.07) is 0. The minimum Gasteiger partial charge on any atom is -1.00 e. The van der Waals surface area contributed by atoms with Gasteiger partial charge in [0.15, 0.2) is 0 Å². The van der Waals surface area contributed by atoms with Crippen molar-refractivity contribution in [3.63, 3.8) is 0 Å². The third kappa shape index (κ3) is 104. The molecular weight excluding hydrogens is 210 g/mol. The molecule has 7 heavy (non-hydrogen) atoms. The number of rotatable bonds is 0. The molecule has 43 valence electrons. The predicted molar refractivity (Wildman–Crippen MR) is 20.3 cm³/mol. The van der Waals surface area contributed by atoms with E-state index in [1.165, 1.54) is 5.92 Å². The molecule has 0 heterocycles. The summed E-state index contributed by atoms with van der Waals surface area (Å²) in [6.45, 7) is 6.25. The molecule has 0 saturated carbocycles. The molecule has 0 aliphatic carbocycles. The fourth-order valence-electron chi connectivity index (χ4n) is 0.